The topological polar surface area (TPSA) is 56.0 Å². The molecule has 0 saturated heterocycles. The van der Waals surface area contributed by atoms with Crippen molar-refractivity contribution in [1.82, 2.24) is 4.98 Å². The van der Waals surface area contributed by atoms with Crippen molar-refractivity contribution in [2.75, 3.05) is 5.75 Å². The number of carbonyl (C=O) groups is 1. The SMILES string of the molecule is NSCC(C=O)c1ccc(F)cn1. The molecule has 0 spiro atoms. The van der Waals surface area contributed by atoms with E-state index in [1.807, 2.05) is 0 Å². The summed E-state index contributed by atoms with van der Waals surface area (Å²) in [7, 11) is 0. The lowest BCUT2D eigenvalue weighted by Gasteiger charge is -2.06. The van der Waals surface area contributed by atoms with E-state index in [0.717, 1.165) is 24.4 Å². The third kappa shape index (κ3) is 2.78. The van der Waals surface area contributed by atoms with Gasteiger partial charge in [0, 0.05) is 5.75 Å². The molecule has 1 heterocycles. The van der Waals surface area contributed by atoms with Crippen molar-refractivity contribution in [3.05, 3.63) is 29.8 Å². The zero-order chi connectivity index (χ0) is 9.68. The maximum atomic E-state index is 12.5. The van der Waals surface area contributed by atoms with E-state index in [2.05, 4.69) is 4.98 Å². The number of pyridine rings is 1. The molecule has 0 aromatic carbocycles. The van der Waals surface area contributed by atoms with Crippen molar-refractivity contribution < 1.29 is 9.18 Å². The van der Waals surface area contributed by atoms with E-state index < -0.39 is 5.82 Å². The molecule has 0 radical (unpaired) electrons. The predicted molar refractivity (Wildman–Crippen MR) is 49.6 cm³/mol. The summed E-state index contributed by atoms with van der Waals surface area (Å²) in [6.07, 6.45) is 1.85. The molecule has 0 saturated carbocycles. The van der Waals surface area contributed by atoms with Crippen LogP contribution < -0.4 is 5.14 Å². The molecule has 1 aromatic rings. The first kappa shape index (κ1) is 10.1. The van der Waals surface area contributed by atoms with Gasteiger partial charge in [-0.15, -0.1) is 0 Å². The molecule has 0 amide bonds. The van der Waals surface area contributed by atoms with E-state index in [1.54, 1.807) is 0 Å². The second-order valence-corrected chi connectivity index (χ2v) is 3.14. The Morgan fingerprint density at radius 1 is 1.69 bits per heavy atom. The molecule has 0 aliphatic rings. The number of nitrogens with two attached hydrogens (primary N) is 1. The molecule has 70 valence electrons. The first-order valence-corrected chi connectivity index (χ1v) is 4.71. The van der Waals surface area contributed by atoms with Crippen molar-refractivity contribution in [2.45, 2.75) is 5.92 Å². The lowest BCUT2D eigenvalue weighted by molar-refractivity contribution is -0.108. The van der Waals surface area contributed by atoms with Crippen LogP contribution in [-0.4, -0.2) is 17.0 Å². The molecule has 5 heteroatoms. The van der Waals surface area contributed by atoms with Crippen LogP contribution in [0.3, 0.4) is 0 Å². The van der Waals surface area contributed by atoms with Gasteiger partial charge in [0.2, 0.25) is 0 Å². The Labute approximate surface area is 79.7 Å². The fraction of sp³-hybridized carbons (Fsp3) is 0.250. The zero-order valence-corrected chi connectivity index (χ0v) is 7.63. The summed E-state index contributed by atoms with van der Waals surface area (Å²) in [6.45, 7) is 0. The maximum Gasteiger partial charge on any atom is 0.141 e. The van der Waals surface area contributed by atoms with E-state index in [9.17, 15) is 9.18 Å². The Hall–Kier alpha value is -0.940. The lowest BCUT2D eigenvalue weighted by Crippen LogP contribution is -2.07. The Balaban J connectivity index is 2.79. The first-order valence-electron chi connectivity index (χ1n) is 3.66. The van der Waals surface area contributed by atoms with E-state index in [-0.39, 0.29) is 5.92 Å². The number of halogens is 1. The number of hydrogen-bond donors (Lipinski definition) is 1. The third-order valence-corrected chi connectivity index (χ3v) is 2.12. The molecule has 0 bridgehead atoms. The first-order chi connectivity index (χ1) is 6.27. The highest BCUT2D eigenvalue weighted by Crippen LogP contribution is 2.14. The zero-order valence-electron chi connectivity index (χ0n) is 6.81. The molecule has 1 unspecified atom stereocenters. The molecular formula is C8H9FN2OS. The standard InChI is InChI=1S/C8H9FN2OS/c9-7-1-2-8(11-3-7)6(4-12)5-13-10/h1-4,6H,5,10H2. The van der Waals surface area contributed by atoms with Crippen LogP contribution in [0.5, 0.6) is 0 Å². The molecule has 1 aromatic heterocycles. The molecule has 2 N–H and O–H groups in total. The number of hydrogen-bond acceptors (Lipinski definition) is 4. The fourth-order valence-electron chi connectivity index (χ4n) is 0.905. The lowest BCUT2D eigenvalue weighted by atomic mass is 10.1. The average molecular weight is 200 g/mol. The number of nitrogens with zero attached hydrogens (tertiary/aromatic N) is 1. The highest BCUT2D eigenvalue weighted by molar-refractivity contribution is 7.97. The minimum atomic E-state index is -0.409. The predicted octanol–water partition coefficient (Wildman–Crippen LogP) is 1.11. The number of carbonyl (C=O) groups excluding carboxylic acids is 1. The normalized spacial score (nSPS) is 12.5. The van der Waals surface area contributed by atoms with Crippen molar-refractivity contribution >= 4 is 18.2 Å². The van der Waals surface area contributed by atoms with Crippen molar-refractivity contribution in [2.24, 2.45) is 5.14 Å². The van der Waals surface area contributed by atoms with Crippen LogP contribution in [0.1, 0.15) is 11.6 Å². The van der Waals surface area contributed by atoms with Gasteiger partial charge in [-0.05, 0) is 12.1 Å². The average Bonchev–Trinajstić information content (AvgIpc) is 2.16. The van der Waals surface area contributed by atoms with Crippen LogP contribution in [0.25, 0.3) is 0 Å². The van der Waals surface area contributed by atoms with Gasteiger partial charge < -0.3 is 4.79 Å². The number of aromatic nitrogens is 1. The second-order valence-electron chi connectivity index (χ2n) is 2.48. The molecule has 1 rings (SSSR count). The van der Waals surface area contributed by atoms with Gasteiger partial charge in [-0.3, -0.25) is 10.1 Å². The van der Waals surface area contributed by atoms with E-state index in [0.29, 0.717) is 11.4 Å². The molecular weight excluding hydrogens is 191 g/mol. The smallest absolute Gasteiger partial charge is 0.141 e. The van der Waals surface area contributed by atoms with Crippen LogP contribution in [-0.2, 0) is 4.79 Å². The summed E-state index contributed by atoms with van der Waals surface area (Å²) in [5, 5.41) is 5.23. The highest BCUT2D eigenvalue weighted by Gasteiger charge is 2.10. The second kappa shape index (κ2) is 4.94. The summed E-state index contributed by atoms with van der Waals surface area (Å²) in [5.41, 5.74) is 0.550. The van der Waals surface area contributed by atoms with Gasteiger partial charge in [-0.25, -0.2) is 4.39 Å². The quantitative estimate of drug-likeness (QED) is 0.584. The molecule has 3 nitrogen and oxygen atoms in total. The summed E-state index contributed by atoms with van der Waals surface area (Å²) < 4.78 is 12.5. The van der Waals surface area contributed by atoms with Gasteiger partial charge in [0.25, 0.3) is 0 Å². The largest absolute Gasteiger partial charge is 0.303 e. The summed E-state index contributed by atoms with van der Waals surface area (Å²) in [6, 6.07) is 2.77. The third-order valence-electron chi connectivity index (χ3n) is 1.57. The summed E-state index contributed by atoms with van der Waals surface area (Å²) in [4.78, 5) is 14.4. The highest BCUT2D eigenvalue weighted by atomic mass is 32.2. The fourth-order valence-corrected chi connectivity index (χ4v) is 1.36. The van der Waals surface area contributed by atoms with Gasteiger partial charge >= 0.3 is 0 Å². The van der Waals surface area contributed by atoms with Gasteiger partial charge in [-0.1, -0.05) is 11.9 Å². The van der Waals surface area contributed by atoms with Crippen LogP contribution in [0.4, 0.5) is 4.39 Å². The van der Waals surface area contributed by atoms with Crippen LogP contribution >= 0.6 is 11.9 Å². The van der Waals surface area contributed by atoms with E-state index >= 15 is 0 Å². The Morgan fingerprint density at radius 2 is 2.46 bits per heavy atom. The molecule has 0 aliphatic heterocycles. The summed E-state index contributed by atoms with van der Waals surface area (Å²) in [5.74, 6) is -0.299. The van der Waals surface area contributed by atoms with Crippen molar-refractivity contribution in [3.63, 3.8) is 0 Å². The minimum absolute atomic E-state index is 0.351. The maximum absolute atomic E-state index is 12.5. The van der Waals surface area contributed by atoms with Gasteiger partial charge in [-0.2, -0.15) is 0 Å². The molecule has 13 heavy (non-hydrogen) atoms. The molecule has 1 atom stereocenters. The van der Waals surface area contributed by atoms with Gasteiger partial charge in [0.05, 0.1) is 17.8 Å². The van der Waals surface area contributed by atoms with Crippen molar-refractivity contribution in [1.29, 1.82) is 0 Å². The molecule has 0 aliphatic carbocycles. The van der Waals surface area contributed by atoms with E-state index in [4.69, 9.17) is 5.14 Å². The minimum Gasteiger partial charge on any atom is -0.303 e. The van der Waals surface area contributed by atoms with Gasteiger partial charge in [0.1, 0.15) is 12.1 Å². The Kier molecular flexibility index (Phi) is 3.85. The monoisotopic (exact) mass is 200 g/mol. The van der Waals surface area contributed by atoms with Crippen LogP contribution in [0, 0.1) is 5.82 Å². The van der Waals surface area contributed by atoms with Crippen LogP contribution in [0.15, 0.2) is 18.3 Å². The number of rotatable bonds is 4. The van der Waals surface area contributed by atoms with Crippen molar-refractivity contribution in [3.8, 4) is 0 Å². The summed E-state index contributed by atoms with van der Waals surface area (Å²) >= 11 is 1.07. The number of aldehydes is 1. The Bertz CT molecular complexity index is 278. The van der Waals surface area contributed by atoms with Gasteiger partial charge in [0.15, 0.2) is 0 Å². The van der Waals surface area contributed by atoms with E-state index in [1.165, 1.54) is 12.1 Å². The Morgan fingerprint density at radius 3 is 2.92 bits per heavy atom. The van der Waals surface area contributed by atoms with Crippen LogP contribution in [0.2, 0.25) is 0 Å². The molecule has 0 fully saturated rings.